The van der Waals surface area contributed by atoms with Gasteiger partial charge in [-0.15, -0.1) is 10.2 Å². The third-order valence-electron chi connectivity index (χ3n) is 4.21. The van der Waals surface area contributed by atoms with Gasteiger partial charge < -0.3 is 10.6 Å². The predicted octanol–water partition coefficient (Wildman–Crippen LogP) is 4.52. The number of carbonyl (C=O) groups is 2. The van der Waals surface area contributed by atoms with Crippen molar-refractivity contribution in [3.05, 3.63) is 71.8 Å². The van der Waals surface area contributed by atoms with Gasteiger partial charge in [0.15, 0.2) is 4.34 Å². The third kappa shape index (κ3) is 6.14. The molecule has 0 saturated carbocycles. The average molecular weight is 441 g/mol. The Bertz CT molecular complexity index is 946. The van der Waals surface area contributed by atoms with Gasteiger partial charge in [-0.2, -0.15) is 0 Å². The Labute approximate surface area is 184 Å². The van der Waals surface area contributed by atoms with E-state index in [0.29, 0.717) is 9.47 Å². The van der Waals surface area contributed by atoms with E-state index in [0.717, 1.165) is 11.1 Å². The first-order valence-corrected chi connectivity index (χ1v) is 11.3. The molecule has 1 heterocycles. The molecule has 0 saturated heterocycles. The number of benzene rings is 2. The van der Waals surface area contributed by atoms with Crippen molar-refractivity contribution < 1.29 is 9.59 Å². The van der Waals surface area contributed by atoms with E-state index in [1.165, 1.54) is 23.1 Å². The van der Waals surface area contributed by atoms with Crippen molar-refractivity contribution in [2.24, 2.45) is 5.41 Å². The number of nitrogens with one attached hydrogen (secondary N) is 2. The lowest BCUT2D eigenvalue weighted by atomic mass is 9.96. The number of hydrogen-bond donors (Lipinski definition) is 2. The van der Waals surface area contributed by atoms with Crippen LogP contribution in [-0.4, -0.2) is 27.8 Å². The summed E-state index contributed by atoms with van der Waals surface area (Å²) in [5.41, 5.74) is 1.53. The highest BCUT2D eigenvalue weighted by Gasteiger charge is 2.23. The third-order valence-corrected chi connectivity index (χ3v) is 6.18. The van der Waals surface area contributed by atoms with Crippen LogP contribution in [0.15, 0.2) is 65.0 Å². The molecule has 156 valence electrons. The van der Waals surface area contributed by atoms with Crippen LogP contribution in [0.5, 0.6) is 0 Å². The molecule has 2 N–H and O–H groups in total. The van der Waals surface area contributed by atoms with Crippen molar-refractivity contribution in [3.8, 4) is 0 Å². The van der Waals surface area contributed by atoms with Gasteiger partial charge in [0, 0.05) is 5.41 Å². The van der Waals surface area contributed by atoms with Gasteiger partial charge in [-0.05, 0) is 11.1 Å². The van der Waals surface area contributed by atoms with E-state index in [2.05, 4.69) is 20.8 Å². The predicted molar refractivity (Wildman–Crippen MR) is 122 cm³/mol. The van der Waals surface area contributed by atoms with Gasteiger partial charge in [-0.3, -0.25) is 9.59 Å². The maximum absolute atomic E-state index is 12.6. The van der Waals surface area contributed by atoms with Crippen LogP contribution in [-0.2, 0) is 9.59 Å². The topological polar surface area (TPSA) is 84.0 Å². The van der Waals surface area contributed by atoms with E-state index in [1.54, 1.807) is 0 Å². The quantitative estimate of drug-likeness (QED) is 0.417. The minimum atomic E-state index is -0.511. The first kappa shape index (κ1) is 22.0. The molecule has 0 spiro atoms. The van der Waals surface area contributed by atoms with Crippen molar-refractivity contribution in [2.75, 3.05) is 11.1 Å². The summed E-state index contributed by atoms with van der Waals surface area (Å²) < 4.78 is 0.630. The van der Waals surface area contributed by atoms with E-state index in [1.807, 2.05) is 81.4 Å². The number of anilines is 1. The molecule has 2 aromatic carbocycles. The van der Waals surface area contributed by atoms with Crippen LogP contribution in [0.3, 0.4) is 0 Å². The Morgan fingerprint density at radius 3 is 2.07 bits per heavy atom. The lowest BCUT2D eigenvalue weighted by Gasteiger charge is -2.19. The van der Waals surface area contributed by atoms with Crippen LogP contribution in [0.25, 0.3) is 0 Å². The fourth-order valence-electron chi connectivity index (χ4n) is 2.58. The second-order valence-corrected chi connectivity index (χ2v) is 9.89. The Morgan fingerprint density at radius 1 is 0.967 bits per heavy atom. The highest BCUT2D eigenvalue weighted by molar-refractivity contribution is 8.01. The van der Waals surface area contributed by atoms with Crippen LogP contribution in [0.4, 0.5) is 5.13 Å². The maximum atomic E-state index is 12.6. The SMILES string of the molecule is CC(C)(C)C(=O)Nc1nnc(SCC(=O)NC(c2ccccc2)c2ccccc2)s1. The highest BCUT2D eigenvalue weighted by atomic mass is 32.2. The molecular weight excluding hydrogens is 416 g/mol. The number of nitrogens with zero attached hydrogens (tertiary/aromatic N) is 2. The van der Waals surface area contributed by atoms with Crippen molar-refractivity contribution in [1.82, 2.24) is 15.5 Å². The zero-order valence-electron chi connectivity index (χ0n) is 17.1. The summed E-state index contributed by atoms with van der Waals surface area (Å²) >= 11 is 2.56. The summed E-state index contributed by atoms with van der Waals surface area (Å²) in [6.45, 7) is 5.50. The van der Waals surface area contributed by atoms with Crippen molar-refractivity contribution in [2.45, 2.75) is 31.2 Å². The molecule has 0 atom stereocenters. The first-order chi connectivity index (χ1) is 14.3. The molecular formula is C22H24N4O2S2. The molecule has 0 aliphatic carbocycles. The van der Waals surface area contributed by atoms with Gasteiger partial charge in [-0.25, -0.2) is 0 Å². The maximum Gasteiger partial charge on any atom is 0.231 e. The molecule has 0 aliphatic heterocycles. The zero-order valence-corrected chi connectivity index (χ0v) is 18.7. The lowest BCUT2D eigenvalue weighted by molar-refractivity contribution is -0.123. The molecule has 0 bridgehead atoms. The smallest absolute Gasteiger partial charge is 0.231 e. The molecule has 8 heteroatoms. The van der Waals surface area contributed by atoms with Gasteiger partial charge in [0.05, 0.1) is 11.8 Å². The highest BCUT2D eigenvalue weighted by Crippen LogP contribution is 2.27. The van der Waals surface area contributed by atoms with Crippen LogP contribution in [0, 0.1) is 5.41 Å². The molecule has 3 rings (SSSR count). The van der Waals surface area contributed by atoms with Crippen molar-refractivity contribution in [1.29, 1.82) is 0 Å². The average Bonchev–Trinajstić information content (AvgIpc) is 3.18. The van der Waals surface area contributed by atoms with E-state index in [4.69, 9.17) is 0 Å². The minimum absolute atomic E-state index is 0.104. The van der Waals surface area contributed by atoms with Gasteiger partial charge in [0.25, 0.3) is 0 Å². The number of aromatic nitrogens is 2. The Hall–Kier alpha value is -2.71. The van der Waals surface area contributed by atoms with E-state index < -0.39 is 5.41 Å². The van der Waals surface area contributed by atoms with E-state index >= 15 is 0 Å². The Morgan fingerprint density at radius 2 is 1.53 bits per heavy atom. The normalized spacial score (nSPS) is 11.3. The monoisotopic (exact) mass is 440 g/mol. The van der Waals surface area contributed by atoms with Crippen LogP contribution >= 0.6 is 23.1 Å². The molecule has 0 radical (unpaired) electrons. The van der Waals surface area contributed by atoms with Crippen molar-refractivity contribution >= 4 is 40.0 Å². The summed E-state index contributed by atoms with van der Waals surface area (Å²) in [4.78, 5) is 24.7. The fourth-order valence-corrected chi connectivity index (χ4v) is 4.14. The second-order valence-electron chi connectivity index (χ2n) is 7.69. The fraction of sp³-hybridized carbons (Fsp3) is 0.273. The molecule has 2 amide bonds. The molecule has 0 aliphatic rings. The lowest BCUT2D eigenvalue weighted by Crippen LogP contribution is -2.30. The standard InChI is InChI=1S/C22H24N4O2S2/c1-22(2,3)19(28)24-20-25-26-21(30-20)29-14-17(27)23-18(15-10-6-4-7-11-15)16-12-8-5-9-13-16/h4-13,18H,14H2,1-3H3,(H,23,27)(H,24,25,28). The number of thioether (sulfide) groups is 1. The van der Waals surface area contributed by atoms with Crippen LogP contribution in [0.2, 0.25) is 0 Å². The summed E-state index contributed by atoms with van der Waals surface area (Å²) in [5.74, 6) is -0.0208. The number of carbonyl (C=O) groups excluding carboxylic acids is 2. The Balaban J connectivity index is 1.61. The van der Waals surface area contributed by atoms with Gasteiger partial charge in [-0.1, -0.05) is 105 Å². The van der Waals surface area contributed by atoms with Crippen LogP contribution < -0.4 is 10.6 Å². The van der Waals surface area contributed by atoms with E-state index in [-0.39, 0.29) is 23.6 Å². The second kappa shape index (κ2) is 9.86. The molecule has 0 unspecified atom stereocenters. The molecule has 0 fully saturated rings. The van der Waals surface area contributed by atoms with E-state index in [9.17, 15) is 9.59 Å². The van der Waals surface area contributed by atoms with Gasteiger partial charge in [0.1, 0.15) is 0 Å². The molecule has 3 aromatic rings. The number of amides is 2. The molecule has 1 aromatic heterocycles. The number of rotatable bonds is 7. The Kier molecular flexibility index (Phi) is 7.23. The summed E-state index contributed by atoms with van der Waals surface area (Å²) in [6.07, 6.45) is 0. The van der Waals surface area contributed by atoms with Crippen LogP contribution in [0.1, 0.15) is 37.9 Å². The summed E-state index contributed by atoms with van der Waals surface area (Å²) in [7, 11) is 0. The molecule has 30 heavy (non-hydrogen) atoms. The first-order valence-electron chi connectivity index (χ1n) is 9.50. The number of hydrogen-bond acceptors (Lipinski definition) is 6. The zero-order chi connectivity index (χ0) is 21.6. The summed E-state index contributed by atoms with van der Waals surface area (Å²) in [5, 5.41) is 14.3. The van der Waals surface area contributed by atoms with Gasteiger partial charge in [0.2, 0.25) is 16.9 Å². The largest absolute Gasteiger partial charge is 0.344 e. The van der Waals surface area contributed by atoms with Crippen molar-refractivity contribution in [3.63, 3.8) is 0 Å². The summed E-state index contributed by atoms with van der Waals surface area (Å²) in [6, 6.07) is 19.5. The minimum Gasteiger partial charge on any atom is -0.344 e. The molecule has 6 nitrogen and oxygen atoms in total. The van der Waals surface area contributed by atoms with Gasteiger partial charge >= 0.3 is 0 Å².